The Morgan fingerprint density at radius 2 is 1.79 bits per heavy atom. The first-order valence-corrected chi connectivity index (χ1v) is 11.6. The topological polar surface area (TPSA) is 85.2 Å². The van der Waals surface area contributed by atoms with Gasteiger partial charge in [-0.1, -0.05) is 53.5 Å². The van der Waals surface area contributed by atoms with Crippen molar-refractivity contribution in [1.29, 1.82) is 0 Å². The molecular formula is C23H20Cl2N4O3S. The highest BCUT2D eigenvalue weighted by Crippen LogP contribution is 2.36. The van der Waals surface area contributed by atoms with Gasteiger partial charge in [0.15, 0.2) is 0 Å². The van der Waals surface area contributed by atoms with E-state index < -0.39 is 0 Å². The second-order valence-electron chi connectivity index (χ2n) is 7.09. The molecule has 0 unspecified atom stereocenters. The number of methoxy groups -OCH3 is 1. The molecule has 33 heavy (non-hydrogen) atoms. The molecule has 0 aliphatic heterocycles. The number of carbonyl (C=O) groups excluding carboxylic acids is 2. The lowest BCUT2D eigenvalue weighted by molar-refractivity contribution is -0.124. The maximum absolute atomic E-state index is 12.8. The molecule has 0 bridgehead atoms. The van der Waals surface area contributed by atoms with E-state index in [4.69, 9.17) is 33.0 Å². The van der Waals surface area contributed by atoms with Crippen LogP contribution >= 0.6 is 34.5 Å². The predicted octanol–water partition coefficient (Wildman–Crippen LogP) is 4.55. The summed E-state index contributed by atoms with van der Waals surface area (Å²) >= 11 is 13.7. The van der Waals surface area contributed by atoms with Gasteiger partial charge in [-0.15, -0.1) is 11.3 Å². The van der Waals surface area contributed by atoms with Gasteiger partial charge in [-0.3, -0.25) is 9.59 Å². The van der Waals surface area contributed by atoms with Crippen LogP contribution in [0.2, 0.25) is 10.0 Å². The number of nitrogens with zero attached hydrogens (tertiary/aromatic N) is 2. The van der Waals surface area contributed by atoms with E-state index >= 15 is 0 Å². The Balaban J connectivity index is 1.64. The maximum atomic E-state index is 12.8. The Bertz CT molecular complexity index is 1300. The Kier molecular flexibility index (Phi) is 7.29. The Morgan fingerprint density at radius 1 is 1.03 bits per heavy atom. The largest absolute Gasteiger partial charge is 0.375 e. The van der Waals surface area contributed by atoms with Crippen LogP contribution in [-0.4, -0.2) is 48.4 Å². The van der Waals surface area contributed by atoms with E-state index in [-0.39, 0.29) is 18.4 Å². The highest BCUT2D eigenvalue weighted by molar-refractivity contribution is 7.20. The molecule has 10 heteroatoms. The molecule has 0 fully saturated rings. The summed E-state index contributed by atoms with van der Waals surface area (Å²) in [5.41, 5.74) is 2.44. The number of nitrogens with one attached hydrogen (secondary N) is 2. The summed E-state index contributed by atoms with van der Waals surface area (Å²) in [4.78, 5) is 25.6. The van der Waals surface area contributed by atoms with Crippen molar-refractivity contribution in [2.24, 2.45) is 0 Å². The van der Waals surface area contributed by atoms with Crippen molar-refractivity contribution in [3.63, 3.8) is 0 Å². The molecule has 2 heterocycles. The number of amides is 2. The molecule has 4 aromatic rings. The van der Waals surface area contributed by atoms with Crippen LogP contribution in [-0.2, 0) is 9.53 Å². The number of hydrogen-bond acceptors (Lipinski definition) is 5. The average molecular weight is 503 g/mol. The number of carbonyl (C=O) groups is 2. The summed E-state index contributed by atoms with van der Waals surface area (Å²) in [6, 6.07) is 16.9. The third-order valence-corrected chi connectivity index (χ3v) is 6.64. The second-order valence-corrected chi connectivity index (χ2v) is 8.94. The van der Waals surface area contributed by atoms with Crippen LogP contribution < -0.4 is 10.6 Å². The van der Waals surface area contributed by atoms with Crippen LogP contribution in [0.15, 0.2) is 54.6 Å². The number of rotatable bonds is 8. The van der Waals surface area contributed by atoms with Gasteiger partial charge in [0.2, 0.25) is 5.91 Å². The fraction of sp³-hybridized carbons (Fsp3) is 0.174. The number of thiophene rings is 1. The van der Waals surface area contributed by atoms with Gasteiger partial charge < -0.3 is 15.4 Å². The highest BCUT2D eigenvalue weighted by Gasteiger charge is 2.20. The number of ether oxygens (including phenoxy) is 1. The Morgan fingerprint density at radius 3 is 2.52 bits per heavy atom. The minimum Gasteiger partial charge on any atom is -0.375 e. The van der Waals surface area contributed by atoms with Gasteiger partial charge in [0.05, 0.1) is 20.6 Å². The van der Waals surface area contributed by atoms with Gasteiger partial charge in [0, 0.05) is 31.1 Å². The van der Waals surface area contributed by atoms with Crippen molar-refractivity contribution in [3.8, 4) is 16.9 Å². The van der Waals surface area contributed by atoms with E-state index in [0.717, 1.165) is 27.2 Å². The van der Waals surface area contributed by atoms with Crippen molar-refractivity contribution >= 4 is 56.6 Å². The lowest BCUT2D eigenvalue weighted by Crippen LogP contribution is -2.35. The third-order valence-electron chi connectivity index (χ3n) is 4.79. The monoisotopic (exact) mass is 502 g/mol. The fourth-order valence-electron chi connectivity index (χ4n) is 3.27. The van der Waals surface area contributed by atoms with E-state index in [1.807, 2.05) is 42.5 Å². The zero-order valence-corrected chi connectivity index (χ0v) is 19.9. The number of hydrogen-bond donors (Lipinski definition) is 2. The Labute approximate surface area is 204 Å². The quantitative estimate of drug-likeness (QED) is 0.346. The van der Waals surface area contributed by atoms with Crippen LogP contribution in [0.3, 0.4) is 0 Å². The van der Waals surface area contributed by atoms with Crippen LogP contribution in [0.4, 0.5) is 0 Å². The lowest BCUT2D eigenvalue weighted by atomic mass is 10.1. The summed E-state index contributed by atoms with van der Waals surface area (Å²) in [6.07, 6.45) is 0. The van der Waals surface area contributed by atoms with Gasteiger partial charge in [-0.05, 0) is 24.3 Å². The minimum atomic E-state index is -0.233. The molecule has 2 aromatic heterocycles. The normalized spacial score (nSPS) is 11.0. The van der Waals surface area contributed by atoms with Gasteiger partial charge in [0.25, 0.3) is 5.91 Å². The Hall–Kier alpha value is -2.91. The predicted molar refractivity (Wildman–Crippen MR) is 132 cm³/mol. The first-order chi connectivity index (χ1) is 16.0. The van der Waals surface area contributed by atoms with Crippen molar-refractivity contribution in [3.05, 3.63) is 69.5 Å². The first kappa shape index (κ1) is 23.3. The molecule has 0 radical (unpaired) electrons. The van der Waals surface area contributed by atoms with E-state index in [2.05, 4.69) is 10.6 Å². The molecule has 0 saturated carbocycles. The standard InChI is InChI=1S/C23H20Cl2N4O3S/c1-32-13-20(30)26-9-10-27-22(31)19-12-16-21(14-5-3-2-4-6-14)28-29(23(16)33-19)15-7-8-17(24)18(25)11-15/h2-8,11-12H,9-10,13H2,1H3,(H,26,30)(H,27,31). The van der Waals surface area contributed by atoms with Crippen molar-refractivity contribution in [2.45, 2.75) is 0 Å². The fourth-order valence-corrected chi connectivity index (χ4v) is 4.61. The van der Waals surface area contributed by atoms with E-state index in [0.29, 0.717) is 28.0 Å². The average Bonchev–Trinajstić information content (AvgIpc) is 3.39. The molecular weight excluding hydrogens is 483 g/mol. The molecule has 0 saturated heterocycles. The van der Waals surface area contributed by atoms with Gasteiger partial charge in [-0.2, -0.15) is 5.10 Å². The molecule has 2 amide bonds. The van der Waals surface area contributed by atoms with Crippen LogP contribution in [0.1, 0.15) is 9.67 Å². The minimum absolute atomic E-state index is 0.0161. The van der Waals surface area contributed by atoms with Crippen LogP contribution in [0, 0.1) is 0 Å². The van der Waals surface area contributed by atoms with E-state index in [1.165, 1.54) is 18.4 Å². The van der Waals surface area contributed by atoms with E-state index in [9.17, 15) is 9.59 Å². The number of fused-ring (bicyclic) bond motifs is 1. The smallest absolute Gasteiger partial charge is 0.261 e. The SMILES string of the molecule is COCC(=O)NCCNC(=O)c1cc2c(-c3ccccc3)nn(-c3ccc(Cl)c(Cl)c3)c2s1. The summed E-state index contributed by atoms with van der Waals surface area (Å²) in [6.45, 7) is 0.593. The molecule has 0 spiro atoms. The number of halogens is 2. The van der Waals surface area contributed by atoms with Gasteiger partial charge >= 0.3 is 0 Å². The van der Waals surface area contributed by atoms with Crippen LogP contribution in [0.25, 0.3) is 27.2 Å². The van der Waals surface area contributed by atoms with Crippen molar-refractivity contribution in [2.75, 3.05) is 26.8 Å². The molecule has 0 aliphatic rings. The van der Waals surface area contributed by atoms with Crippen molar-refractivity contribution in [1.82, 2.24) is 20.4 Å². The molecule has 2 aromatic carbocycles. The number of aromatic nitrogens is 2. The molecule has 0 aliphatic carbocycles. The molecule has 7 nitrogen and oxygen atoms in total. The molecule has 0 atom stereocenters. The van der Waals surface area contributed by atoms with Gasteiger partial charge in [0.1, 0.15) is 17.1 Å². The zero-order chi connectivity index (χ0) is 23.4. The maximum Gasteiger partial charge on any atom is 0.261 e. The summed E-state index contributed by atoms with van der Waals surface area (Å²) in [7, 11) is 1.45. The first-order valence-electron chi connectivity index (χ1n) is 10.0. The highest BCUT2D eigenvalue weighted by atomic mass is 35.5. The van der Waals surface area contributed by atoms with Crippen LogP contribution in [0.5, 0.6) is 0 Å². The van der Waals surface area contributed by atoms with Gasteiger partial charge in [-0.25, -0.2) is 4.68 Å². The second kappa shape index (κ2) is 10.4. The summed E-state index contributed by atoms with van der Waals surface area (Å²) in [5, 5.41) is 12.0. The van der Waals surface area contributed by atoms with E-state index in [1.54, 1.807) is 16.8 Å². The number of benzene rings is 2. The lowest BCUT2D eigenvalue weighted by Gasteiger charge is -2.06. The zero-order valence-electron chi connectivity index (χ0n) is 17.6. The van der Waals surface area contributed by atoms with Crippen molar-refractivity contribution < 1.29 is 14.3 Å². The third kappa shape index (κ3) is 5.20. The molecule has 2 N–H and O–H groups in total. The molecule has 4 rings (SSSR count). The summed E-state index contributed by atoms with van der Waals surface area (Å²) < 4.78 is 6.53. The molecule has 170 valence electrons. The summed E-state index contributed by atoms with van der Waals surface area (Å²) in [5.74, 6) is -0.459.